The molecule has 33 heavy (non-hydrogen) atoms. The third kappa shape index (κ3) is 5.95. The molecule has 1 aliphatic rings. The molecule has 0 aliphatic carbocycles. The Morgan fingerprint density at radius 1 is 1.12 bits per heavy atom. The van der Waals surface area contributed by atoms with Crippen LogP contribution >= 0.6 is 0 Å². The number of methoxy groups -OCH3 is 1. The third-order valence-electron chi connectivity index (χ3n) is 5.90. The maximum absolute atomic E-state index is 12.3. The summed E-state index contributed by atoms with van der Waals surface area (Å²) in [4.78, 5) is 12.3. The highest BCUT2D eigenvalue weighted by Gasteiger charge is 2.52. The van der Waals surface area contributed by atoms with Gasteiger partial charge in [0.25, 0.3) is 0 Å². The van der Waals surface area contributed by atoms with Crippen molar-refractivity contribution in [1.29, 1.82) is 5.26 Å². The fraction of sp³-hybridized carbons (Fsp3) is 0.360. The van der Waals surface area contributed by atoms with Crippen LogP contribution in [0.4, 0.5) is 4.79 Å². The summed E-state index contributed by atoms with van der Waals surface area (Å²) in [6.45, 7) is 8.19. The second-order valence-corrected chi connectivity index (χ2v) is 8.79. The number of hydrogen-bond acceptors (Lipinski definition) is 6. The molecule has 2 aromatic rings. The van der Waals surface area contributed by atoms with Crippen LogP contribution in [-0.4, -0.2) is 38.1 Å². The van der Waals surface area contributed by atoms with E-state index in [0.29, 0.717) is 16.8 Å². The van der Waals surface area contributed by atoms with Gasteiger partial charge in [0.1, 0.15) is 18.4 Å². The summed E-state index contributed by atoms with van der Waals surface area (Å²) in [5.74, 6) is 0.495. The molecule has 0 bridgehead atoms. The van der Waals surface area contributed by atoms with E-state index in [-0.39, 0.29) is 13.2 Å². The number of rotatable bonds is 7. The second kappa shape index (κ2) is 10.1. The lowest BCUT2D eigenvalue weighted by molar-refractivity contribution is 0.00578. The number of hydrogen-bond donors (Lipinski definition) is 1. The van der Waals surface area contributed by atoms with Gasteiger partial charge in [-0.05, 0) is 56.4 Å². The van der Waals surface area contributed by atoms with Crippen molar-refractivity contribution in [3.63, 3.8) is 0 Å². The molecule has 0 saturated carbocycles. The Bertz CT molecular complexity index is 1040. The van der Waals surface area contributed by atoms with Gasteiger partial charge in [-0.2, -0.15) is 5.26 Å². The van der Waals surface area contributed by atoms with Crippen LogP contribution in [0.15, 0.2) is 54.0 Å². The molecule has 1 heterocycles. The van der Waals surface area contributed by atoms with E-state index in [1.807, 2.05) is 70.2 Å². The van der Waals surface area contributed by atoms with Gasteiger partial charge in [0.05, 0.1) is 23.9 Å². The number of amides is 1. The SMILES string of the molecule is COc1ccc(C=C(CNC(=O)OCc2ccccc2)B2OC(C)(C)C(C)(C)O2)cc1C#N. The predicted molar refractivity (Wildman–Crippen MR) is 126 cm³/mol. The maximum Gasteiger partial charge on any atom is 0.492 e. The lowest BCUT2D eigenvalue weighted by Crippen LogP contribution is -2.41. The van der Waals surface area contributed by atoms with Crippen LogP contribution < -0.4 is 10.1 Å². The average Bonchev–Trinajstić information content (AvgIpc) is 3.02. The van der Waals surface area contributed by atoms with Crippen LogP contribution in [0.5, 0.6) is 5.75 Å². The summed E-state index contributed by atoms with van der Waals surface area (Å²) < 4.78 is 22.9. The van der Waals surface area contributed by atoms with Gasteiger partial charge in [0.15, 0.2) is 0 Å². The minimum Gasteiger partial charge on any atom is -0.495 e. The second-order valence-electron chi connectivity index (χ2n) is 8.79. The maximum atomic E-state index is 12.3. The quantitative estimate of drug-likeness (QED) is 0.627. The third-order valence-corrected chi connectivity index (χ3v) is 5.90. The molecule has 1 aliphatic heterocycles. The first-order valence-corrected chi connectivity index (χ1v) is 10.7. The minimum atomic E-state index is -0.669. The average molecular weight is 448 g/mol. The molecule has 1 amide bonds. The zero-order valence-corrected chi connectivity index (χ0v) is 19.7. The first-order valence-electron chi connectivity index (χ1n) is 10.7. The molecule has 3 rings (SSSR count). The van der Waals surface area contributed by atoms with Crippen molar-refractivity contribution in [2.75, 3.05) is 13.7 Å². The van der Waals surface area contributed by atoms with Gasteiger partial charge in [0, 0.05) is 6.54 Å². The first-order chi connectivity index (χ1) is 15.6. The molecule has 0 spiro atoms. The predicted octanol–water partition coefficient (Wildman–Crippen LogP) is 4.51. The van der Waals surface area contributed by atoms with E-state index in [1.165, 1.54) is 7.11 Å². The van der Waals surface area contributed by atoms with Crippen LogP contribution in [0.1, 0.15) is 44.4 Å². The van der Waals surface area contributed by atoms with E-state index in [4.69, 9.17) is 18.8 Å². The van der Waals surface area contributed by atoms with E-state index in [2.05, 4.69) is 11.4 Å². The molecular weight excluding hydrogens is 419 g/mol. The van der Waals surface area contributed by atoms with E-state index in [9.17, 15) is 10.1 Å². The van der Waals surface area contributed by atoms with Crippen LogP contribution in [0, 0.1) is 11.3 Å². The lowest BCUT2D eigenvalue weighted by Gasteiger charge is -2.32. The van der Waals surface area contributed by atoms with Crippen molar-refractivity contribution in [1.82, 2.24) is 5.32 Å². The van der Waals surface area contributed by atoms with Gasteiger partial charge < -0.3 is 24.1 Å². The smallest absolute Gasteiger partial charge is 0.492 e. The summed E-state index contributed by atoms with van der Waals surface area (Å²) in [5, 5.41) is 12.2. The number of carbonyl (C=O) groups excluding carboxylic acids is 1. The van der Waals surface area contributed by atoms with Crippen molar-refractivity contribution < 1.29 is 23.6 Å². The van der Waals surface area contributed by atoms with Crippen molar-refractivity contribution in [2.24, 2.45) is 0 Å². The van der Waals surface area contributed by atoms with E-state index >= 15 is 0 Å². The summed E-state index contributed by atoms with van der Waals surface area (Å²) >= 11 is 0. The Morgan fingerprint density at radius 2 is 1.79 bits per heavy atom. The van der Waals surface area contributed by atoms with Gasteiger partial charge in [-0.1, -0.05) is 42.5 Å². The summed E-state index contributed by atoms with van der Waals surface area (Å²) in [6.07, 6.45) is 1.30. The fourth-order valence-electron chi connectivity index (χ4n) is 3.26. The van der Waals surface area contributed by atoms with Gasteiger partial charge in [-0.25, -0.2) is 4.79 Å². The number of nitrogens with zero attached hydrogens (tertiary/aromatic N) is 1. The van der Waals surface area contributed by atoms with Crippen LogP contribution in [0.3, 0.4) is 0 Å². The van der Waals surface area contributed by atoms with Crippen molar-refractivity contribution in [3.8, 4) is 11.8 Å². The Labute approximate surface area is 195 Å². The highest BCUT2D eigenvalue weighted by Crippen LogP contribution is 2.38. The number of ether oxygens (including phenoxy) is 2. The largest absolute Gasteiger partial charge is 0.495 e. The molecule has 2 aromatic carbocycles. The van der Waals surface area contributed by atoms with Gasteiger partial charge in [-0.3, -0.25) is 0 Å². The molecule has 1 fully saturated rings. The summed E-state index contributed by atoms with van der Waals surface area (Å²) in [7, 11) is 0.851. The van der Waals surface area contributed by atoms with Gasteiger partial charge in [-0.15, -0.1) is 0 Å². The van der Waals surface area contributed by atoms with Crippen LogP contribution in [0.25, 0.3) is 6.08 Å². The summed E-state index contributed by atoms with van der Waals surface area (Å²) in [6, 6.07) is 16.9. The summed E-state index contributed by atoms with van der Waals surface area (Å²) in [5.41, 5.74) is 1.69. The van der Waals surface area contributed by atoms with E-state index in [1.54, 1.807) is 12.1 Å². The van der Waals surface area contributed by atoms with Crippen LogP contribution in [-0.2, 0) is 20.7 Å². The zero-order valence-electron chi connectivity index (χ0n) is 19.7. The number of nitrogens with one attached hydrogen (secondary N) is 1. The Balaban J connectivity index is 1.78. The Kier molecular flexibility index (Phi) is 7.47. The molecular formula is C25H29BN2O5. The molecule has 1 saturated heterocycles. The lowest BCUT2D eigenvalue weighted by atomic mass is 9.77. The molecule has 0 unspecified atom stereocenters. The number of benzene rings is 2. The van der Waals surface area contributed by atoms with Crippen molar-refractivity contribution in [2.45, 2.75) is 45.5 Å². The molecule has 8 heteroatoms. The Hall–Kier alpha value is -3.28. The number of nitriles is 1. The molecule has 172 valence electrons. The highest BCUT2D eigenvalue weighted by molar-refractivity contribution is 6.56. The Morgan fingerprint density at radius 3 is 2.39 bits per heavy atom. The highest BCUT2D eigenvalue weighted by atomic mass is 16.7. The number of alkyl carbamates (subject to hydrolysis) is 1. The zero-order chi connectivity index (χ0) is 24.1. The molecule has 7 nitrogen and oxygen atoms in total. The fourth-order valence-corrected chi connectivity index (χ4v) is 3.26. The monoisotopic (exact) mass is 448 g/mol. The van der Waals surface area contributed by atoms with Crippen LogP contribution in [0.2, 0.25) is 0 Å². The molecule has 0 atom stereocenters. The minimum absolute atomic E-state index is 0.151. The standard InChI is InChI=1S/C25H29BN2O5/c1-24(2)25(3,4)33-26(32-24)21(14-19-11-12-22(30-5)20(13-19)15-27)16-28-23(29)31-17-18-9-7-6-8-10-18/h6-14H,16-17H2,1-5H3,(H,28,29). The normalized spacial score (nSPS) is 16.7. The number of carbonyl (C=O) groups is 1. The molecule has 1 N–H and O–H groups in total. The van der Waals surface area contributed by atoms with Crippen molar-refractivity contribution >= 4 is 19.3 Å². The van der Waals surface area contributed by atoms with Gasteiger partial charge in [0.2, 0.25) is 0 Å². The molecule has 0 aromatic heterocycles. The molecule has 0 radical (unpaired) electrons. The van der Waals surface area contributed by atoms with Crippen molar-refractivity contribution in [3.05, 3.63) is 70.7 Å². The first kappa shape index (κ1) is 24.4. The van der Waals surface area contributed by atoms with Gasteiger partial charge >= 0.3 is 13.2 Å². The van der Waals surface area contributed by atoms with E-state index < -0.39 is 24.4 Å². The topological polar surface area (TPSA) is 89.8 Å². The van der Waals surface area contributed by atoms with E-state index in [0.717, 1.165) is 11.1 Å².